The lowest BCUT2D eigenvalue weighted by molar-refractivity contribution is -0.122. The van der Waals surface area contributed by atoms with E-state index in [0.29, 0.717) is 37.4 Å². The maximum absolute atomic E-state index is 13.3. The highest BCUT2D eigenvalue weighted by Gasteiger charge is 2.27. The molecule has 1 fully saturated rings. The summed E-state index contributed by atoms with van der Waals surface area (Å²) in [6, 6.07) is 5.44. The first kappa shape index (κ1) is 21.8. The van der Waals surface area contributed by atoms with Crippen molar-refractivity contribution in [3.8, 4) is 6.07 Å². The highest BCUT2D eigenvalue weighted by Crippen LogP contribution is 2.26. The molecule has 31 heavy (non-hydrogen) atoms. The average molecular weight is 420 g/mol. The highest BCUT2D eigenvalue weighted by atomic mass is 16.2. The van der Waals surface area contributed by atoms with E-state index in [0.717, 1.165) is 5.56 Å². The molecule has 3 rings (SSSR count). The standard InChI is InChI=1S/C22H24N6O3/c1-3-8-25-21(30)16(13-23)12-17-20(27-10-6-15(7-11-27)18(24)29)26-19-14(2)5-4-9-28(19)22(17)31/h3-5,9,12,15H,1,6-8,10-11H2,2H3,(H2,24,29)(H,25,30)/b16-12+. The summed E-state index contributed by atoms with van der Waals surface area (Å²) < 4.78 is 1.40. The molecule has 0 aliphatic carbocycles. The van der Waals surface area contributed by atoms with Gasteiger partial charge in [-0.1, -0.05) is 12.1 Å². The van der Waals surface area contributed by atoms with Gasteiger partial charge in [-0.3, -0.25) is 18.8 Å². The number of hydrogen-bond acceptors (Lipinski definition) is 6. The van der Waals surface area contributed by atoms with Gasteiger partial charge in [-0.15, -0.1) is 6.58 Å². The van der Waals surface area contributed by atoms with Crippen LogP contribution in [0.2, 0.25) is 0 Å². The molecule has 2 aromatic rings. The zero-order valence-corrected chi connectivity index (χ0v) is 17.3. The number of carbonyl (C=O) groups is 2. The van der Waals surface area contributed by atoms with Crippen LogP contribution in [0.15, 0.2) is 41.4 Å². The Morgan fingerprint density at radius 2 is 2.13 bits per heavy atom. The van der Waals surface area contributed by atoms with Crippen LogP contribution in [-0.4, -0.2) is 40.8 Å². The quantitative estimate of drug-likeness (QED) is 0.405. The van der Waals surface area contributed by atoms with Crippen molar-refractivity contribution in [3.63, 3.8) is 0 Å². The van der Waals surface area contributed by atoms with Gasteiger partial charge in [0.05, 0.1) is 5.56 Å². The fourth-order valence-electron chi connectivity index (χ4n) is 3.60. The van der Waals surface area contributed by atoms with Gasteiger partial charge in [-0.25, -0.2) is 4.98 Å². The van der Waals surface area contributed by atoms with E-state index >= 15 is 0 Å². The molecule has 1 aliphatic heterocycles. The Morgan fingerprint density at radius 3 is 2.74 bits per heavy atom. The Balaban J connectivity index is 2.15. The zero-order chi connectivity index (χ0) is 22.5. The second kappa shape index (κ2) is 9.26. The second-order valence-corrected chi connectivity index (χ2v) is 7.37. The van der Waals surface area contributed by atoms with Crippen molar-refractivity contribution < 1.29 is 9.59 Å². The molecule has 0 radical (unpaired) electrons. The van der Waals surface area contributed by atoms with Crippen LogP contribution in [0.25, 0.3) is 11.7 Å². The number of amides is 2. The van der Waals surface area contributed by atoms with Crippen molar-refractivity contribution in [2.24, 2.45) is 11.7 Å². The van der Waals surface area contributed by atoms with Gasteiger partial charge in [0.15, 0.2) is 0 Å². The SMILES string of the molecule is C=CCNC(=O)/C(C#N)=C/c1c(N2CCC(C(N)=O)CC2)nc2c(C)cccn2c1=O. The number of aryl methyl sites for hydroxylation is 1. The number of hydrogen-bond donors (Lipinski definition) is 2. The summed E-state index contributed by atoms with van der Waals surface area (Å²) in [6.07, 6.45) is 5.45. The molecule has 0 bridgehead atoms. The number of nitrogens with one attached hydrogen (secondary N) is 1. The van der Waals surface area contributed by atoms with Crippen LogP contribution in [-0.2, 0) is 9.59 Å². The van der Waals surface area contributed by atoms with Crippen LogP contribution in [0, 0.1) is 24.2 Å². The number of rotatable bonds is 6. The maximum atomic E-state index is 13.3. The van der Waals surface area contributed by atoms with Crippen molar-refractivity contribution >= 4 is 29.4 Å². The molecule has 3 N–H and O–H groups in total. The molecule has 1 aliphatic rings. The summed E-state index contributed by atoms with van der Waals surface area (Å²) in [5.74, 6) is -0.785. The summed E-state index contributed by atoms with van der Waals surface area (Å²) in [5.41, 5.74) is 6.29. The molecule has 160 valence electrons. The molecule has 0 unspecified atom stereocenters. The number of piperidine rings is 1. The molecule has 9 heteroatoms. The molecule has 9 nitrogen and oxygen atoms in total. The predicted octanol–water partition coefficient (Wildman–Crippen LogP) is 0.914. The van der Waals surface area contributed by atoms with Crippen LogP contribution >= 0.6 is 0 Å². The minimum Gasteiger partial charge on any atom is -0.369 e. The van der Waals surface area contributed by atoms with Crippen LogP contribution in [0.1, 0.15) is 24.0 Å². The smallest absolute Gasteiger partial charge is 0.267 e. The van der Waals surface area contributed by atoms with Gasteiger partial charge in [-0.2, -0.15) is 5.26 Å². The van der Waals surface area contributed by atoms with Gasteiger partial charge in [0.1, 0.15) is 23.1 Å². The van der Waals surface area contributed by atoms with Gasteiger partial charge >= 0.3 is 0 Å². The lowest BCUT2D eigenvalue weighted by Crippen LogP contribution is -2.40. The fraction of sp³-hybridized carbons (Fsp3) is 0.318. The van der Waals surface area contributed by atoms with Gasteiger partial charge in [0.25, 0.3) is 11.5 Å². The molecule has 0 saturated carbocycles. The summed E-state index contributed by atoms with van der Waals surface area (Å²) >= 11 is 0. The Morgan fingerprint density at radius 1 is 1.42 bits per heavy atom. The Bertz CT molecular complexity index is 1170. The first-order chi connectivity index (χ1) is 14.9. The van der Waals surface area contributed by atoms with Gasteiger partial charge in [0, 0.05) is 31.7 Å². The Hall–Kier alpha value is -3.93. The second-order valence-electron chi connectivity index (χ2n) is 7.37. The Labute approximate surface area is 179 Å². The first-order valence-corrected chi connectivity index (χ1v) is 9.94. The monoisotopic (exact) mass is 420 g/mol. The Kier molecular flexibility index (Phi) is 6.50. The fourth-order valence-corrected chi connectivity index (χ4v) is 3.60. The van der Waals surface area contributed by atoms with Gasteiger partial charge in [0.2, 0.25) is 5.91 Å². The summed E-state index contributed by atoms with van der Waals surface area (Å²) in [6.45, 7) is 6.54. The van der Waals surface area contributed by atoms with Crippen molar-refractivity contribution in [2.45, 2.75) is 19.8 Å². The topological polar surface area (TPSA) is 134 Å². The summed E-state index contributed by atoms with van der Waals surface area (Å²) in [7, 11) is 0. The lowest BCUT2D eigenvalue weighted by atomic mass is 9.96. The summed E-state index contributed by atoms with van der Waals surface area (Å²) in [4.78, 5) is 43.8. The van der Waals surface area contributed by atoms with Crippen molar-refractivity contribution in [2.75, 3.05) is 24.5 Å². The number of nitrogens with zero attached hydrogens (tertiary/aromatic N) is 4. The van der Waals surface area contributed by atoms with Crippen molar-refractivity contribution in [1.29, 1.82) is 5.26 Å². The van der Waals surface area contributed by atoms with E-state index in [1.165, 1.54) is 16.6 Å². The number of nitriles is 1. The van der Waals surface area contributed by atoms with E-state index in [1.807, 2.05) is 24.0 Å². The third kappa shape index (κ3) is 4.48. The first-order valence-electron chi connectivity index (χ1n) is 9.94. The maximum Gasteiger partial charge on any atom is 0.267 e. The zero-order valence-electron chi connectivity index (χ0n) is 17.3. The predicted molar refractivity (Wildman–Crippen MR) is 117 cm³/mol. The third-order valence-electron chi connectivity index (χ3n) is 5.32. The number of anilines is 1. The van der Waals surface area contributed by atoms with Crippen molar-refractivity contribution in [3.05, 3.63) is 58.0 Å². The number of primary amides is 1. The highest BCUT2D eigenvalue weighted by molar-refractivity contribution is 6.02. The number of fused-ring (bicyclic) bond motifs is 1. The normalized spacial score (nSPS) is 14.8. The number of aromatic nitrogens is 2. The number of carbonyl (C=O) groups excluding carboxylic acids is 2. The third-order valence-corrected chi connectivity index (χ3v) is 5.32. The molecule has 2 amide bonds. The van der Waals surface area contributed by atoms with E-state index < -0.39 is 5.91 Å². The summed E-state index contributed by atoms with van der Waals surface area (Å²) in [5, 5.41) is 12.0. The molecular formula is C22H24N6O3. The molecule has 0 atom stereocenters. The van der Waals surface area contributed by atoms with Gasteiger partial charge in [-0.05, 0) is 37.5 Å². The largest absolute Gasteiger partial charge is 0.369 e. The van der Waals surface area contributed by atoms with Crippen LogP contribution in [0.4, 0.5) is 5.82 Å². The van der Waals surface area contributed by atoms with Gasteiger partial charge < -0.3 is 16.0 Å². The van der Waals surface area contributed by atoms with E-state index in [2.05, 4.69) is 11.9 Å². The molecule has 1 saturated heterocycles. The van der Waals surface area contributed by atoms with E-state index in [4.69, 9.17) is 10.7 Å². The minimum atomic E-state index is -0.602. The van der Waals surface area contributed by atoms with E-state index in [1.54, 1.807) is 12.3 Å². The molecule has 0 spiro atoms. The lowest BCUT2D eigenvalue weighted by Gasteiger charge is -2.32. The van der Waals surface area contributed by atoms with E-state index in [-0.39, 0.29) is 35.1 Å². The molecule has 0 aromatic carbocycles. The number of pyridine rings is 1. The molecule has 2 aromatic heterocycles. The van der Waals surface area contributed by atoms with Crippen LogP contribution in [0.5, 0.6) is 0 Å². The van der Waals surface area contributed by atoms with Crippen LogP contribution < -0.4 is 21.5 Å². The molecule has 3 heterocycles. The number of nitrogens with two attached hydrogens (primary N) is 1. The minimum absolute atomic E-state index is 0.144. The van der Waals surface area contributed by atoms with E-state index in [9.17, 15) is 19.6 Å². The average Bonchev–Trinajstić information content (AvgIpc) is 2.77. The molecular weight excluding hydrogens is 396 g/mol. The van der Waals surface area contributed by atoms with Crippen molar-refractivity contribution in [1.82, 2.24) is 14.7 Å². The van der Waals surface area contributed by atoms with Crippen LogP contribution in [0.3, 0.4) is 0 Å².